The molecule has 6 bridgehead atoms. The molecule has 5 N–H and O–H groups in total. The molecule has 3 aliphatic rings. The van der Waals surface area contributed by atoms with Crippen molar-refractivity contribution in [3.8, 4) is 0 Å². The molecule has 1 aromatic heterocycles. The summed E-state index contributed by atoms with van der Waals surface area (Å²) in [5.74, 6) is -0.331. The predicted octanol–water partition coefficient (Wildman–Crippen LogP) is 1.80. The van der Waals surface area contributed by atoms with Gasteiger partial charge in [-0.05, 0) is 55.3 Å². The number of halogens is 1. The second-order valence-electron chi connectivity index (χ2n) is 8.02. The van der Waals surface area contributed by atoms with Crippen LogP contribution in [-0.4, -0.2) is 34.5 Å². The van der Waals surface area contributed by atoms with Crippen LogP contribution in [0, 0.1) is 23.6 Å². The third-order valence-corrected chi connectivity index (χ3v) is 6.38. The summed E-state index contributed by atoms with van der Waals surface area (Å²) >= 11 is 0. The maximum absolute atomic E-state index is 14.4. The van der Waals surface area contributed by atoms with Gasteiger partial charge in [0.05, 0.1) is 12.1 Å². The first-order chi connectivity index (χ1) is 13.6. The fraction of sp³-hybridized carbons (Fsp3) is 0.450. The molecule has 28 heavy (non-hydrogen) atoms. The van der Waals surface area contributed by atoms with Crippen molar-refractivity contribution in [2.45, 2.75) is 31.3 Å². The largest absolute Gasteiger partial charge is 0.369 e. The molecule has 0 spiro atoms. The number of anilines is 3. The quantitative estimate of drug-likeness (QED) is 0.599. The minimum atomic E-state index is -0.540. The number of nitrogens with zero attached hydrogens (tertiary/aromatic N) is 2. The number of hydrogen-bond acceptors (Lipinski definition) is 6. The zero-order chi connectivity index (χ0) is 19.3. The Kier molecular flexibility index (Phi) is 4.16. The molecule has 2 saturated carbocycles. The Labute approximate surface area is 162 Å². The van der Waals surface area contributed by atoms with Crippen LogP contribution < -0.4 is 21.7 Å². The van der Waals surface area contributed by atoms with Crippen LogP contribution in [0.15, 0.2) is 30.5 Å². The van der Waals surface area contributed by atoms with Crippen molar-refractivity contribution in [1.29, 1.82) is 0 Å². The molecule has 2 aliphatic carbocycles. The highest BCUT2D eigenvalue weighted by molar-refractivity contribution is 5.79. The summed E-state index contributed by atoms with van der Waals surface area (Å²) in [5.41, 5.74) is 7.75. The van der Waals surface area contributed by atoms with Crippen molar-refractivity contribution < 1.29 is 9.18 Å². The highest BCUT2D eigenvalue weighted by Gasteiger charge is 2.54. The minimum absolute atomic E-state index is 0.105. The maximum atomic E-state index is 14.4. The van der Waals surface area contributed by atoms with Crippen LogP contribution >= 0.6 is 0 Å². The zero-order valence-electron chi connectivity index (χ0n) is 15.4. The van der Waals surface area contributed by atoms with Gasteiger partial charge < -0.3 is 21.7 Å². The topological polar surface area (TPSA) is 105 Å². The van der Waals surface area contributed by atoms with Crippen LogP contribution in [0.5, 0.6) is 0 Å². The fourth-order valence-electron chi connectivity index (χ4n) is 5.22. The highest BCUT2D eigenvalue weighted by atomic mass is 19.1. The molecule has 5 atom stereocenters. The first-order valence-electron chi connectivity index (χ1n) is 9.76. The van der Waals surface area contributed by atoms with Crippen LogP contribution in [0.2, 0.25) is 0 Å². The van der Waals surface area contributed by atoms with Crippen LogP contribution in [0.25, 0.3) is 0 Å². The SMILES string of the molecule is NC(=O)[C@H]1[C@H]2C[C@H]3[C@H]1Nc1nc(ncc1F)Nc1cccc(c1)CCN[C@@H]3C2. The van der Waals surface area contributed by atoms with Gasteiger partial charge in [0.15, 0.2) is 11.6 Å². The predicted molar refractivity (Wildman–Crippen MR) is 104 cm³/mol. The van der Waals surface area contributed by atoms with Gasteiger partial charge in [-0.25, -0.2) is 9.37 Å². The number of benzene rings is 1. The Hall–Kier alpha value is -2.74. The van der Waals surface area contributed by atoms with Crippen LogP contribution in [0.1, 0.15) is 18.4 Å². The van der Waals surface area contributed by atoms with Gasteiger partial charge in [-0.1, -0.05) is 12.1 Å². The van der Waals surface area contributed by atoms with E-state index in [9.17, 15) is 9.18 Å². The van der Waals surface area contributed by atoms with Crippen molar-refractivity contribution >= 4 is 23.4 Å². The Morgan fingerprint density at radius 2 is 2.18 bits per heavy atom. The van der Waals surface area contributed by atoms with Crippen molar-refractivity contribution in [3.05, 3.63) is 41.8 Å². The lowest BCUT2D eigenvalue weighted by atomic mass is 9.81. The Morgan fingerprint density at radius 1 is 1.29 bits per heavy atom. The number of fused-ring (bicyclic) bond motifs is 5. The summed E-state index contributed by atoms with van der Waals surface area (Å²) in [4.78, 5) is 20.5. The van der Waals surface area contributed by atoms with Gasteiger partial charge in [0.1, 0.15) is 0 Å². The van der Waals surface area contributed by atoms with Gasteiger partial charge in [0.2, 0.25) is 11.9 Å². The molecule has 5 rings (SSSR count). The van der Waals surface area contributed by atoms with E-state index in [2.05, 4.69) is 38.1 Å². The average Bonchev–Trinajstić information content (AvgIpc) is 3.22. The number of aromatic nitrogens is 2. The highest BCUT2D eigenvalue weighted by Crippen LogP contribution is 2.49. The number of nitrogens with two attached hydrogens (primary N) is 1. The summed E-state index contributed by atoms with van der Waals surface area (Å²) in [7, 11) is 0. The third-order valence-electron chi connectivity index (χ3n) is 6.38. The zero-order valence-corrected chi connectivity index (χ0v) is 15.4. The van der Waals surface area contributed by atoms with Crippen molar-refractivity contribution in [2.24, 2.45) is 23.5 Å². The summed E-state index contributed by atoms with van der Waals surface area (Å²) in [6.45, 7) is 0.849. The molecule has 8 heteroatoms. The Morgan fingerprint density at radius 3 is 3.04 bits per heavy atom. The van der Waals surface area contributed by atoms with E-state index >= 15 is 0 Å². The number of primary amides is 1. The average molecular weight is 382 g/mol. The van der Waals surface area contributed by atoms with Gasteiger partial charge in [0.25, 0.3) is 0 Å². The monoisotopic (exact) mass is 382 g/mol. The molecule has 0 radical (unpaired) electrons. The molecule has 146 valence electrons. The lowest BCUT2D eigenvalue weighted by Crippen LogP contribution is -2.50. The van der Waals surface area contributed by atoms with E-state index in [1.807, 2.05) is 12.1 Å². The van der Waals surface area contributed by atoms with E-state index < -0.39 is 5.82 Å². The van der Waals surface area contributed by atoms with Crippen molar-refractivity contribution in [3.63, 3.8) is 0 Å². The molecule has 2 fully saturated rings. The van der Waals surface area contributed by atoms with Crippen molar-refractivity contribution in [1.82, 2.24) is 15.3 Å². The van der Waals surface area contributed by atoms with E-state index in [1.165, 1.54) is 5.56 Å². The van der Waals surface area contributed by atoms with Crippen molar-refractivity contribution in [2.75, 3.05) is 17.2 Å². The van der Waals surface area contributed by atoms with E-state index in [4.69, 9.17) is 5.73 Å². The van der Waals surface area contributed by atoms with Crippen LogP contribution in [0.3, 0.4) is 0 Å². The summed E-state index contributed by atoms with van der Waals surface area (Å²) in [5, 5.41) is 9.98. The molecule has 1 aromatic carbocycles. The first kappa shape index (κ1) is 17.4. The number of nitrogens with one attached hydrogen (secondary N) is 3. The molecule has 1 amide bonds. The van der Waals surface area contributed by atoms with E-state index in [0.29, 0.717) is 5.95 Å². The summed E-state index contributed by atoms with van der Waals surface area (Å²) in [6.07, 6.45) is 3.89. The van der Waals surface area contributed by atoms with E-state index in [1.54, 1.807) is 0 Å². The van der Waals surface area contributed by atoms with Gasteiger partial charge in [-0.15, -0.1) is 0 Å². The standard InChI is InChI=1S/C20H23FN6O/c21-14-9-24-20-25-12-3-1-2-10(6-12)4-5-23-15-8-11-7-13(15)17(16(11)18(22)28)26-19(14)27-20/h1-3,6,9,11,13,15-17,23H,4-5,7-8H2,(H2,22,28)(H2,24,25,26,27)/t11-,13+,15+,16-,17+/m0/s1. The lowest BCUT2D eigenvalue weighted by molar-refractivity contribution is -0.123. The molecule has 2 heterocycles. The molecule has 1 aliphatic heterocycles. The molecular formula is C20H23FN6O. The third kappa shape index (κ3) is 2.97. The fourth-order valence-corrected chi connectivity index (χ4v) is 5.22. The van der Waals surface area contributed by atoms with Gasteiger partial charge in [-0.3, -0.25) is 4.79 Å². The first-order valence-corrected chi connectivity index (χ1v) is 9.76. The van der Waals surface area contributed by atoms with Gasteiger partial charge in [0, 0.05) is 17.8 Å². The van der Waals surface area contributed by atoms with Gasteiger partial charge in [-0.2, -0.15) is 4.98 Å². The number of carbonyl (C=O) groups is 1. The minimum Gasteiger partial charge on any atom is -0.369 e. The van der Waals surface area contributed by atoms with Crippen LogP contribution in [-0.2, 0) is 11.2 Å². The molecule has 0 unspecified atom stereocenters. The second kappa shape index (κ2) is 6.70. The maximum Gasteiger partial charge on any atom is 0.229 e. The smallest absolute Gasteiger partial charge is 0.229 e. The van der Waals surface area contributed by atoms with E-state index in [-0.39, 0.29) is 41.6 Å². The molecule has 7 nitrogen and oxygen atoms in total. The second-order valence-corrected chi connectivity index (χ2v) is 8.02. The number of rotatable bonds is 1. The number of carbonyl (C=O) groups excluding carboxylic acids is 1. The van der Waals surface area contributed by atoms with Gasteiger partial charge >= 0.3 is 0 Å². The molecular weight excluding hydrogens is 359 g/mol. The normalized spacial score (nSPS) is 30.8. The molecule has 2 aromatic rings. The number of amides is 1. The summed E-state index contributed by atoms with van der Waals surface area (Å²) < 4.78 is 14.4. The van der Waals surface area contributed by atoms with E-state index in [0.717, 1.165) is 37.7 Å². The number of hydrogen-bond donors (Lipinski definition) is 4. The molecule has 0 saturated heterocycles. The Balaban J connectivity index is 1.54. The summed E-state index contributed by atoms with van der Waals surface area (Å²) in [6, 6.07) is 8.11. The Bertz CT molecular complexity index is 921. The van der Waals surface area contributed by atoms with Crippen LogP contribution in [0.4, 0.5) is 21.8 Å². The lowest BCUT2D eigenvalue weighted by Gasteiger charge is -2.35.